The number of aryl methyl sites for hydroxylation is 1. The molecule has 2 aromatic rings. The van der Waals surface area contributed by atoms with Gasteiger partial charge in [-0.15, -0.1) is 0 Å². The van der Waals surface area contributed by atoms with Crippen LogP contribution in [0.25, 0.3) is 0 Å². The van der Waals surface area contributed by atoms with Crippen molar-refractivity contribution in [3.63, 3.8) is 0 Å². The van der Waals surface area contributed by atoms with Crippen molar-refractivity contribution >= 4 is 5.69 Å². The van der Waals surface area contributed by atoms with Crippen LogP contribution in [-0.4, -0.2) is 5.11 Å². The smallest absolute Gasteiger partial charge is 0.121 e. The van der Waals surface area contributed by atoms with E-state index in [1.54, 1.807) is 6.07 Å². The summed E-state index contributed by atoms with van der Waals surface area (Å²) in [6, 6.07) is 14.4. The minimum Gasteiger partial charge on any atom is -0.508 e. The molecule has 0 aliphatic carbocycles. The van der Waals surface area contributed by atoms with Crippen LogP contribution < -0.4 is 5.32 Å². The molecule has 20 heavy (non-hydrogen) atoms. The second kappa shape index (κ2) is 6.00. The third-order valence-corrected chi connectivity index (χ3v) is 3.61. The summed E-state index contributed by atoms with van der Waals surface area (Å²) in [7, 11) is 0. The minimum atomic E-state index is 0.0699. The molecule has 2 rings (SSSR count). The van der Waals surface area contributed by atoms with Gasteiger partial charge in [-0.25, -0.2) is 0 Å². The Hall–Kier alpha value is -1.96. The summed E-state index contributed by atoms with van der Waals surface area (Å²) in [6.07, 6.45) is 0. The highest BCUT2D eigenvalue weighted by molar-refractivity contribution is 5.49. The van der Waals surface area contributed by atoms with Gasteiger partial charge in [0.05, 0.1) is 6.04 Å². The van der Waals surface area contributed by atoms with Crippen LogP contribution in [-0.2, 0) is 0 Å². The highest BCUT2D eigenvalue weighted by Gasteiger charge is 2.10. The molecule has 0 aromatic heterocycles. The van der Waals surface area contributed by atoms with Gasteiger partial charge in [0, 0.05) is 11.3 Å². The first-order valence-electron chi connectivity index (χ1n) is 7.13. The molecule has 0 saturated carbocycles. The normalized spacial score (nSPS) is 12.4. The molecule has 2 N–H and O–H groups in total. The molecule has 0 fully saturated rings. The topological polar surface area (TPSA) is 32.3 Å². The first-order valence-corrected chi connectivity index (χ1v) is 7.13. The molecule has 2 aromatic carbocycles. The number of hydrogen-bond donors (Lipinski definition) is 2. The molecule has 0 aliphatic heterocycles. The number of aromatic hydroxyl groups is 1. The molecule has 0 aliphatic rings. The van der Waals surface area contributed by atoms with Crippen molar-refractivity contribution < 1.29 is 5.11 Å². The van der Waals surface area contributed by atoms with Gasteiger partial charge in [-0.1, -0.05) is 38.1 Å². The van der Waals surface area contributed by atoms with Gasteiger partial charge in [0.15, 0.2) is 0 Å². The van der Waals surface area contributed by atoms with Crippen molar-refractivity contribution in [3.8, 4) is 5.75 Å². The third kappa shape index (κ3) is 3.32. The van der Waals surface area contributed by atoms with E-state index in [-0.39, 0.29) is 6.04 Å². The van der Waals surface area contributed by atoms with E-state index in [2.05, 4.69) is 50.4 Å². The van der Waals surface area contributed by atoms with Crippen LogP contribution in [0, 0.1) is 6.92 Å². The molecule has 2 heteroatoms. The van der Waals surface area contributed by atoms with Crippen LogP contribution in [0.2, 0.25) is 0 Å². The fourth-order valence-electron chi connectivity index (χ4n) is 2.31. The van der Waals surface area contributed by atoms with Gasteiger partial charge in [0.1, 0.15) is 5.75 Å². The lowest BCUT2D eigenvalue weighted by atomic mass is 10.0. The molecule has 0 heterocycles. The Kier molecular flexibility index (Phi) is 4.33. The van der Waals surface area contributed by atoms with E-state index in [9.17, 15) is 5.11 Å². The average molecular weight is 269 g/mol. The van der Waals surface area contributed by atoms with Gasteiger partial charge in [-0.05, 0) is 49.1 Å². The van der Waals surface area contributed by atoms with Crippen LogP contribution in [0.5, 0.6) is 5.75 Å². The van der Waals surface area contributed by atoms with Crippen molar-refractivity contribution in [2.45, 2.75) is 39.7 Å². The summed E-state index contributed by atoms with van der Waals surface area (Å²) in [5.74, 6) is 0.895. The highest BCUT2D eigenvalue weighted by Crippen LogP contribution is 2.28. The van der Waals surface area contributed by atoms with E-state index < -0.39 is 0 Å². The van der Waals surface area contributed by atoms with Gasteiger partial charge in [-0.2, -0.15) is 0 Å². The quantitative estimate of drug-likeness (QED) is 0.819. The minimum absolute atomic E-state index is 0.0699. The molecule has 0 bridgehead atoms. The predicted molar refractivity (Wildman–Crippen MR) is 85.4 cm³/mol. The highest BCUT2D eigenvalue weighted by atomic mass is 16.3. The Morgan fingerprint density at radius 1 is 0.950 bits per heavy atom. The summed E-state index contributed by atoms with van der Waals surface area (Å²) in [5, 5.41) is 13.4. The van der Waals surface area contributed by atoms with Crippen molar-refractivity contribution in [1.29, 1.82) is 0 Å². The maximum Gasteiger partial charge on any atom is 0.121 e. The summed E-state index contributed by atoms with van der Waals surface area (Å²) in [4.78, 5) is 0. The Morgan fingerprint density at radius 3 is 2.15 bits per heavy atom. The summed E-state index contributed by atoms with van der Waals surface area (Å²) < 4.78 is 0. The lowest BCUT2D eigenvalue weighted by molar-refractivity contribution is 0.465. The largest absolute Gasteiger partial charge is 0.508 e. The Bertz CT molecular complexity index is 572. The number of nitrogens with one attached hydrogen (secondary N) is 1. The molecular formula is C18H23NO. The zero-order valence-corrected chi connectivity index (χ0v) is 12.6. The molecule has 2 nitrogen and oxygen atoms in total. The number of benzene rings is 2. The Labute approximate surface area is 121 Å². The van der Waals surface area contributed by atoms with Crippen LogP contribution in [0.3, 0.4) is 0 Å². The SMILES string of the molecule is Cc1ccc(C(C)Nc2ccc(C(C)C)cc2)c(O)c1. The first kappa shape index (κ1) is 14.4. The maximum atomic E-state index is 10.0. The van der Waals surface area contributed by atoms with Crippen molar-refractivity contribution in [3.05, 3.63) is 59.2 Å². The Morgan fingerprint density at radius 2 is 1.60 bits per heavy atom. The van der Waals surface area contributed by atoms with Gasteiger partial charge in [0.25, 0.3) is 0 Å². The zero-order chi connectivity index (χ0) is 14.7. The molecule has 0 amide bonds. The third-order valence-electron chi connectivity index (χ3n) is 3.61. The van der Waals surface area contributed by atoms with Gasteiger partial charge in [0.2, 0.25) is 0 Å². The number of phenolic OH excluding ortho intramolecular Hbond substituents is 1. The Balaban J connectivity index is 2.12. The fraction of sp³-hybridized carbons (Fsp3) is 0.333. The standard InChI is InChI=1S/C18H23NO/c1-12(2)15-6-8-16(9-7-15)19-14(4)17-10-5-13(3)11-18(17)20/h5-12,14,19-20H,1-4H3. The molecular weight excluding hydrogens is 246 g/mol. The molecule has 106 valence electrons. The number of hydrogen-bond acceptors (Lipinski definition) is 2. The van der Waals surface area contributed by atoms with E-state index in [1.807, 2.05) is 19.1 Å². The number of anilines is 1. The van der Waals surface area contributed by atoms with Gasteiger partial charge in [-0.3, -0.25) is 0 Å². The lowest BCUT2D eigenvalue weighted by Crippen LogP contribution is -2.07. The van der Waals surface area contributed by atoms with Crippen LogP contribution in [0.4, 0.5) is 5.69 Å². The second-order valence-corrected chi connectivity index (χ2v) is 5.71. The maximum absolute atomic E-state index is 10.0. The van der Waals surface area contributed by atoms with Gasteiger partial charge < -0.3 is 10.4 Å². The summed E-state index contributed by atoms with van der Waals surface area (Å²) in [5.41, 5.74) is 4.39. The fourth-order valence-corrected chi connectivity index (χ4v) is 2.31. The second-order valence-electron chi connectivity index (χ2n) is 5.71. The van der Waals surface area contributed by atoms with Crippen molar-refractivity contribution in [2.75, 3.05) is 5.32 Å². The molecule has 1 atom stereocenters. The average Bonchev–Trinajstić information content (AvgIpc) is 2.39. The zero-order valence-electron chi connectivity index (χ0n) is 12.6. The van der Waals surface area contributed by atoms with Gasteiger partial charge >= 0.3 is 0 Å². The molecule has 1 unspecified atom stereocenters. The summed E-state index contributed by atoms with van der Waals surface area (Å²) in [6.45, 7) is 8.41. The summed E-state index contributed by atoms with van der Waals surface area (Å²) >= 11 is 0. The first-order chi connectivity index (χ1) is 9.47. The molecule has 0 spiro atoms. The molecule has 0 radical (unpaired) electrons. The van der Waals surface area contributed by atoms with Crippen LogP contribution in [0.15, 0.2) is 42.5 Å². The monoisotopic (exact) mass is 269 g/mol. The van der Waals surface area contributed by atoms with Crippen LogP contribution in [0.1, 0.15) is 49.4 Å². The van der Waals surface area contributed by atoms with E-state index in [0.717, 1.165) is 16.8 Å². The number of rotatable bonds is 4. The van der Waals surface area contributed by atoms with E-state index in [4.69, 9.17) is 0 Å². The molecule has 0 saturated heterocycles. The van der Waals surface area contributed by atoms with Crippen molar-refractivity contribution in [1.82, 2.24) is 0 Å². The van der Waals surface area contributed by atoms with E-state index in [0.29, 0.717) is 11.7 Å². The predicted octanol–water partition coefficient (Wildman–Crippen LogP) is 5.00. The van der Waals surface area contributed by atoms with E-state index >= 15 is 0 Å². The lowest BCUT2D eigenvalue weighted by Gasteiger charge is -2.18. The number of phenols is 1. The van der Waals surface area contributed by atoms with Crippen LogP contribution >= 0.6 is 0 Å². The van der Waals surface area contributed by atoms with Crippen molar-refractivity contribution in [2.24, 2.45) is 0 Å². The van der Waals surface area contributed by atoms with E-state index in [1.165, 1.54) is 5.56 Å².